The molecule has 2 aromatic carbocycles. The van der Waals surface area contributed by atoms with Crippen LogP contribution in [0.5, 0.6) is 5.75 Å². The Kier molecular flexibility index (Phi) is 9.23. The summed E-state index contributed by atoms with van der Waals surface area (Å²) in [4.78, 5) is 63.4. The number of β-lactam (4-membered cyclic amide) rings is 1. The van der Waals surface area contributed by atoms with Crippen LogP contribution >= 0.6 is 11.8 Å². The molecular formula is C28H26N2O9S. The van der Waals surface area contributed by atoms with E-state index >= 15 is 0 Å². The Balaban J connectivity index is 1.60. The van der Waals surface area contributed by atoms with Crippen LogP contribution in [0.2, 0.25) is 0 Å². The molecule has 2 amide bonds. The number of benzene rings is 2. The smallest absolute Gasteiger partial charge is 0.355 e. The van der Waals surface area contributed by atoms with Crippen molar-refractivity contribution in [3.63, 3.8) is 0 Å². The van der Waals surface area contributed by atoms with Gasteiger partial charge in [-0.3, -0.25) is 24.1 Å². The van der Waals surface area contributed by atoms with E-state index in [2.05, 4.69) is 5.32 Å². The number of thioether (sulfide) groups is 1. The predicted molar refractivity (Wildman–Crippen MR) is 142 cm³/mol. The van der Waals surface area contributed by atoms with Crippen molar-refractivity contribution in [2.45, 2.75) is 31.4 Å². The number of rotatable bonds is 11. The molecule has 0 bridgehead atoms. The molecule has 0 aliphatic carbocycles. The van der Waals surface area contributed by atoms with E-state index in [-0.39, 0.29) is 48.2 Å². The summed E-state index contributed by atoms with van der Waals surface area (Å²) in [6, 6.07) is 14.9. The minimum Gasteiger partial charge on any atom is -0.497 e. The first-order chi connectivity index (χ1) is 19.3. The van der Waals surface area contributed by atoms with Gasteiger partial charge < -0.3 is 24.3 Å². The number of nitrogens with zero attached hydrogens (tertiary/aromatic N) is 1. The van der Waals surface area contributed by atoms with Gasteiger partial charge in [-0.1, -0.05) is 54.2 Å². The number of fused-ring (bicyclic) bond motifs is 1. The summed E-state index contributed by atoms with van der Waals surface area (Å²) in [6.45, 7) is 0.883. The van der Waals surface area contributed by atoms with Gasteiger partial charge in [0.15, 0.2) is 0 Å². The number of esters is 2. The highest BCUT2D eigenvalue weighted by Crippen LogP contribution is 2.47. The molecule has 2 aromatic rings. The quantitative estimate of drug-likeness (QED) is 0.142. The monoisotopic (exact) mass is 566 g/mol. The first-order valence-corrected chi connectivity index (χ1v) is 13.0. The Morgan fingerprint density at radius 2 is 1.73 bits per heavy atom. The number of carbonyl (C=O) groups excluding carboxylic acids is 5. The molecule has 2 unspecified atom stereocenters. The van der Waals surface area contributed by atoms with Gasteiger partial charge in [0.25, 0.3) is 12.4 Å². The molecule has 0 saturated carbocycles. The minimum absolute atomic E-state index is 0.0588. The third-order valence-electron chi connectivity index (χ3n) is 6.01. The zero-order valence-corrected chi connectivity index (χ0v) is 22.5. The van der Waals surface area contributed by atoms with Gasteiger partial charge in [0.05, 0.1) is 18.4 Å². The molecule has 40 heavy (non-hydrogen) atoms. The van der Waals surface area contributed by atoms with Crippen LogP contribution in [0.15, 0.2) is 77.0 Å². The van der Waals surface area contributed by atoms with Crippen molar-refractivity contribution in [1.29, 1.82) is 0 Å². The van der Waals surface area contributed by atoms with Gasteiger partial charge >= 0.3 is 11.9 Å². The molecule has 0 radical (unpaired) electrons. The molecule has 1 fully saturated rings. The molecule has 12 heteroatoms. The number of hydrogen-bond donors (Lipinski definition) is 1. The zero-order valence-electron chi connectivity index (χ0n) is 21.7. The second kappa shape index (κ2) is 13.0. The van der Waals surface area contributed by atoms with Gasteiger partial charge in [-0.15, -0.1) is 0 Å². The Morgan fingerprint density at radius 1 is 1.00 bits per heavy atom. The lowest BCUT2D eigenvalue weighted by Gasteiger charge is -2.50. The van der Waals surface area contributed by atoms with Crippen molar-refractivity contribution >= 4 is 42.0 Å². The average molecular weight is 567 g/mol. The molecule has 208 valence electrons. The van der Waals surface area contributed by atoms with Gasteiger partial charge in [-0.25, -0.2) is 4.79 Å². The van der Waals surface area contributed by atoms with Gasteiger partial charge in [0.1, 0.15) is 42.3 Å². The van der Waals surface area contributed by atoms with Crippen LogP contribution in [0.3, 0.4) is 0 Å². The number of hydrogen-bond acceptors (Lipinski definition) is 10. The van der Waals surface area contributed by atoms with Crippen LogP contribution < -0.4 is 10.1 Å². The lowest BCUT2D eigenvalue weighted by molar-refractivity contribution is -0.153. The minimum atomic E-state index is -0.958. The Bertz CT molecular complexity index is 1360. The predicted octanol–water partition coefficient (Wildman–Crippen LogP) is 2.21. The topological polar surface area (TPSA) is 138 Å². The summed E-state index contributed by atoms with van der Waals surface area (Å²) in [7, 11) is 1.53. The van der Waals surface area contributed by atoms with E-state index in [0.717, 1.165) is 23.6 Å². The van der Waals surface area contributed by atoms with Gasteiger partial charge in [-0.05, 0) is 23.3 Å². The Labute approximate surface area is 234 Å². The van der Waals surface area contributed by atoms with E-state index in [0.29, 0.717) is 11.3 Å². The highest BCUT2D eigenvalue weighted by Gasteiger charge is 2.55. The molecule has 1 saturated heterocycles. The summed E-state index contributed by atoms with van der Waals surface area (Å²) >= 11 is 1.08. The highest BCUT2D eigenvalue weighted by atomic mass is 32.2. The summed E-state index contributed by atoms with van der Waals surface area (Å²) in [5.74, 6) is -1.77. The maximum absolute atomic E-state index is 13.4. The lowest BCUT2D eigenvalue weighted by Crippen LogP contribution is -2.70. The fourth-order valence-corrected chi connectivity index (χ4v) is 5.39. The molecule has 1 N–H and O–H groups in total. The van der Waals surface area contributed by atoms with E-state index < -0.39 is 29.3 Å². The first kappa shape index (κ1) is 28.4. The molecular weight excluding hydrogens is 540 g/mol. The molecule has 2 atom stereocenters. The summed E-state index contributed by atoms with van der Waals surface area (Å²) in [6.07, 6.45) is 1.15. The third-order valence-corrected chi connectivity index (χ3v) is 7.33. The normalized spacial score (nSPS) is 18.8. The van der Waals surface area contributed by atoms with Crippen LogP contribution in [-0.2, 0) is 51.2 Å². The van der Waals surface area contributed by atoms with Crippen molar-refractivity contribution in [2.24, 2.45) is 0 Å². The van der Waals surface area contributed by atoms with Crippen LogP contribution in [0.1, 0.15) is 18.1 Å². The number of ether oxygens (including phenoxy) is 4. The van der Waals surface area contributed by atoms with E-state index in [1.54, 1.807) is 48.5 Å². The van der Waals surface area contributed by atoms with Crippen molar-refractivity contribution < 1.29 is 42.9 Å². The second-order valence-electron chi connectivity index (χ2n) is 8.67. The molecule has 2 aliphatic heterocycles. The van der Waals surface area contributed by atoms with E-state index in [1.807, 2.05) is 6.07 Å². The maximum atomic E-state index is 13.4. The van der Waals surface area contributed by atoms with E-state index in [1.165, 1.54) is 18.9 Å². The second-order valence-corrected chi connectivity index (χ2v) is 9.83. The Hall–Kier alpha value is -4.58. The SMILES string of the molecule is COc1ccc(COC(=O)C2=C(COC(C)=O)/C(=C/OC=O)SC3C(NC(=O)Cc4ccccc4)C(=O)N23)cc1. The van der Waals surface area contributed by atoms with Gasteiger partial charge in [-0.2, -0.15) is 0 Å². The molecule has 2 heterocycles. The van der Waals surface area contributed by atoms with Crippen LogP contribution in [-0.4, -0.2) is 60.3 Å². The maximum Gasteiger partial charge on any atom is 0.355 e. The fraction of sp³-hybridized carbons (Fsp3) is 0.250. The molecule has 2 aliphatic rings. The van der Waals surface area contributed by atoms with E-state index in [9.17, 15) is 24.0 Å². The zero-order chi connectivity index (χ0) is 28.6. The fourth-order valence-electron chi connectivity index (χ4n) is 4.09. The summed E-state index contributed by atoms with van der Waals surface area (Å²) in [5, 5.41) is 1.99. The molecule has 0 spiro atoms. The van der Waals surface area contributed by atoms with Crippen molar-refractivity contribution in [1.82, 2.24) is 10.2 Å². The number of carbonyl (C=O) groups is 5. The number of amides is 2. The summed E-state index contributed by atoms with van der Waals surface area (Å²) < 4.78 is 20.6. The van der Waals surface area contributed by atoms with Crippen LogP contribution in [0.4, 0.5) is 0 Å². The number of methoxy groups -OCH3 is 1. The largest absolute Gasteiger partial charge is 0.497 e. The van der Waals surface area contributed by atoms with Crippen molar-refractivity contribution in [3.8, 4) is 5.75 Å². The van der Waals surface area contributed by atoms with Gasteiger partial charge in [0, 0.05) is 12.5 Å². The Morgan fingerprint density at radius 3 is 2.38 bits per heavy atom. The van der Waals surface area contributed by atoms with Gasteiger partial charge in [0.2, 0.25) is 5.91 Å². The number of nitrogens with one attached hydrogen (secondary N) is 1. The lowest BCUT2D eigenvalue weighted by atomic mass is 10.0. The summed E-state index contributed by atoms with van der Waals surface area (Å²) in [5.41, 5.74) is 1.39. The molecule has 4 rings (SSSR count). The third kappa shape index (κ3) is 6.52. The van der Waals surface area contributed by atoms with Crippen molar-refractivity contribution in [3.05, 3.63) is 88.2 Å². The van der Waals surface area contributed by atoms with Crippen LogP contribution in [0.25, 0.3) is 0 Å². The highest BCUT2D eigenvalue weighted by molar-refractivity contribution is 8.04. The standard InChI is InChI=1S/C28H26N2O9S/c1-17(32)38-14-21-22(15-37-16-31)40-27-24(29-23(33)12-18-6-4-3-5-7-18)26(34)30(27)25(21)28(35)39-13-19-8-10-20(36-2)11-9-19/h3-11,15-16,24,27H,12-14H2,1-2H3,(H,29,33)/b22-15-. The average Bonchev–Trinajstić information content (AvgIpc) is 2.96. The van der Waals surface area contributed by atoms with E-state index in [4.69, 9.17) is 18.9 Å². The van der Waals surface area contributed by atoms with Crippen LogP contribution in [0, 0.1) is 0 Å². The van der Waals surface area contributed by atoms with Crippen molar-refractivity contribution in [2.75, 3.05) is 13.7 Å². The molecule has 11 nitrogen and oxygen atoms in total. The first-order valence-electron chi connectivity index (χ1n) is 12.1. The molecule has 0 aromatic heterocycles.